The zero-order valence-corrected chi connectivity index (χ0v) is 7.85. The van der Waals surface area contributed by atoms with E-state index < -0.39 is 0 Å². The Labute approximate surface area is 82.8 Å². The van der Waals surface area contributed by atoms with Gasteiger partial charge in [-0.05, 0) is 17.7 Å². The number of nitrogens with one attached hydrogen (secondary N) is 1. The molecule has 0 atom stereocenters. The summed E-state index contributed by atoms with van der Waals surface area (Å²) in [5.74, 6) is 0. The van der Waals surface area contributed by atoms with Gasteiger partial charge in [-0.15, -0.1) is 0 Å². The maximum absolute atomic E-state index is 8.59. The molecule has 1 aliphatic rings. The summed E-state index contributed by atoms with van der Waals surface area (Å²) in [7, 11) is 0. The zero-order chi connectivity index (χ0) is 9.80. The average molecular weight is 191 g/mol. The molecule has 0 aliphatic carbocycles. The Balaban J connectivity index is 2.16. The van der Waals surface area contributed by atoms with Crippen LogP contribution in [-0.4, -0.2) is 24.6 Å². The lowest BCUT2D eigenvalue weighted by Gasteiger charge is -2.14. The molecule has 0 aromatic heterocycles. The topological polar surface area (TPSA) is 47.9 Å². The number of rotatable bonds is 3. The van der Waals surface area contributed by atoms with E-state index in [0.29, 0.717) is 6.54 Å². The van der Waals surface area contributed by atoms with Crippen molar-refractivity contribution in [1.82, 2.24) is 5.48 Å². The van der Waals surface area contributed by atoms with Crippen LogP contribution in [0.3, 0.4) is 0 Å². The van der Waals surface area contributed by atoms with Crippen LogP contribution in [0.4, 0.5) is 5.69 Å². The van der Waals surface area contributed by atoms with E-state index in [-0.39, 0.29) is 0 Å². The monoisotopic (exact) mass is 191 g/mol. The van der Waals surface area contributed by atoms with E-state index in [1.807, 2.05) is 30.6 Å². The molecule has 1 aromatic carbocycles. The lowest BCUT2D eigenvalue weighted by atomic mass is 10.2. The summed E-state index contributed by atoms with van der Waals surface area (Å²) in [6.07, 6.45) is 1.85. The van der Waals surface area contributed by atoms with Crippen molar-refractivity contribution in [2.75, 3.05) is 18.0 Å². The molecule has 74 valence electrons. The lowest BCUT2D eigenvalue weighted by Crippen LogP contribution is -2.18. The van der Waals surface area contributed by atoms with Crippen LogP contribution in [0.25, 0.3) is 0 Å². The molecule has 1 heterocycles. The highest BCUT2D eigenvalue weighted by Gasteiger charge is 2.07. The van der Waals surface area contributed by atoms with Crippen molar-refractivity contribution in [3.63, 3.8) is 0 Å². The predicted octanol–water partition coefficient (Wildman–Crippen LogP) is 1.01. The first-order valence-electron chi connectivity index (χ1n) is 4.62. The van der Waals surface area contributed by atoms with Gasteiger partial charge in [0.1, 0.15) is 0 Å². The summed E-state index contributed by atoms with van der Waals surface area (Å²) in [6.45, 7) is 2.28. The second-order valence-electron chi connectivity index (χ2n) is 3.22. The highest BCUT2D eigenvalue weighted by Crippen LogP contribution is 2.16. The maximum Gasteiger partial charge on any atom is 0.0895 e. The third-order valence-corrected chi connectivity index (χ3v) is 2.22. The van der Waals surface area contributed by atoms with Crippen LogP contribution in [0.15, 0.2) is 29.3 Å². The van der Waals surface area contributed by atoms with Crippen LogP contribution in [0.5, 0.6) is 0 Å². The van der Waals surface area contributed by atoms with Gasteiger partial charge in [-0.3, -0.25) is 4.99 Å². The van der Waals surface area contributed by atoms with E-state index in [2.05, 4.69) is 15.4 Å². The first-order chi connectivity index (χ1) is 6.90. The molecule has 4 heteroatoms. The molecular formula is C10H13N3O. The van der Waals surface area contributed by atoms with Gasteiger partial charge in [-0.2, -0.15) is 0 Å². The van der Waals surface area contributed by atoms with Crippen LogP contribution >= 0.6 is 0 Å². The molecule has 0 unspecified atom stereocenters. The van der Waals surface area contributed by atoms with Gasteiger partial charge in [0, 0.05) is 18.8 Å². The van der Waals surface area contributed by atoms with Gasteiger partial charge >= 0.3 is 0 Å². The first-order valence-corrected chi connectivity index (χ1v) is 4.62. The minimum absolute atomic E-state index is 0.471. The van der Waals surface area contributed by atoms with Crippen molar-refractivity contribution in [1.29, 1.82) is 0 Å². The van der Waals surface area contributed by atoms with Crippen molar-refractivity contribution in [2.24, 2.45) is 4.99 Å². The molecule has 0 amide bonds. The van der Waals surface area contributed by atoms with E-state index in [1.54, 1.807) is 0 Å². The Kier molecular flexibility index (Phi) is 2.76. The van der Waals surface area contributed by atoms with Crippen LogP contribution < -0.4 is 10.4 Å². The highest BCUT2D eigenvalue weighted by atomic mass is 16.5. The van der Waals surface area contributed by atoms with E-state index in [9.17, 15) is 0 Å². The Bertz CT molecular complexity index is 338. The Morgan fingerprint density at radius 1 is 1.50 bits per heavy atom. The third kappa shape index (κ3) is 1.92. The van der Waals surface area contributed by atoms with E-state index in [1.165, 1.54) is 0 Å². The van der Waals surface area contributed by atoms with Gasteiger partial charge in [0.2, 0.25) is 0 Å². The van der Waals surface area contributed by atoms with Crippen molar-refractivity contribution < 1.29 is 5.21 Å². The standard InChI is InChI=1S/C10H13N3O/c14-12-7-9-2-1-3-10(6-9)13-5-4-11-8-13/h1-3,6,8,12,14H,4-5,7H2. The van der Waals surface area contributed by atoms with Crippen LogP contribution in [0, 0.1) is 0 Å². The van der Waals surface area contributed by atoms with E-state index in [0.717, 1.165) is 24.3 Å². The minimum Gasteiger partial charge on any atom is -0.331 e. The molecule has 0 saturated carbocycles. The molecular weight excluding hydrogens is 178 g/mol. The van der Waals surface area contributed by atoms with E-state index >= 15 is 0 Å². The number of nitrogens with zero attached hydrogens (tertiary/aromatic N) is 2. The fourth-order valence-electron chi connectivity index (χ4n) is 1.51. The largest absolute Gasteiger partial charge is 0.331 e. The van der Waals surface area contributed by atoms with Gasteiger partial charge in [-0.25, -0.2) is 5.48 Å². The molecule has 2 rings (SSSR count). The fraction of sp³-hybridized carbons (Fsp3) is 0.300. The number of aliphatic imine (C=N–C) groups is 1. The summed E-state index contributed by atoms with van der Waals surface area (Å²) in [5, 5.41) is 8.59. The highest BCUT2D eigenvalue weighted by molar-refractivity contribution is 5.81. The summed E-state index contributed by atoms with van der Waals surface area (Å²) in [6, 6.07) is 8.03. The van der Waals surface area contributed by atoms with Crippen molar-refractivity contribution >= 4 is 12.0 Å². The second-order valence-corrected chi connectivity index (χ2v) is 3.22. The molecule has 1 aliphatic heterocycles. The molecule has 0 saturated heterocycles. The van der Waals surface area contributed by atoms with Crippen molar-refractivity contribution in [3.05, 3.63) is 29.8 Å². The molecule has 4 nitrogen and oxygen atoms in total. The number of hydrogen-bond acceptors (Lipinski definition) is 4. The van der Waals surface area contributed by atoms with Crippen LogP contribution in [0.2, 0.25) is 0 Å². The van der Waals surface area contributed by atoms with Crippen LogP contribution in [-0.2, 0) is 6.54 Å². The van der Waals surface area contributed by atoms with Gasteiger partial charge in [0.15, 0.2) is 0 Å². The fourth-order valence-corrected chi connectivity index (χ4v) is 1.51. The predicted molar refractivity (Wildman–Crippen MR) is 55.8 cm³/mol. The zero-order valence-electron chi connectivity index (χ0n) is 7.85. The number of hydroxylamine groups is 1. The molecule has 14 heavy (non-hydrogen) atoms. The minimum atomic E-state index is 0.471. The summed E-state index contributed by atoms with van der Waals surface area (Å²) < 4.78 is 0. The number of benzene rings is 1. The van der Waals surface area contributed by atoms with Crippen LogP contribution in [0.1, 0.15) is 5.56 Å². The summed E-state index contributed by atoms with van der Waals surface area (Å²) in [5.41, 5.74) is 4.33. The van der Waals surface area contributed by atoms with Crippen molar-refractivity contribution in [2.45, 2.75) is 6.54 Å². The van der Waals surface area contributed by atoms with E-state index in [4.69, 9.17) is 5.21 Å². The maximum atomic E-state index is 8.59. The summed E-state index contributed by atoms with van der Waals surface area (Å²) >= 11 is 0. The Morgan fingerprint density at radius 3 is 3.14 bits per heavy atom. The average Bonchev–Trinajstić information content (AvgIpc) is 2.71. The second kappa shape index (κ2) is 4.21. The normalized spacial score (nSPS) is 15.1. The number of hydrogen-bond donors (Lipinski definition) is 2. The molecule has 0 spiro atoms. The molecule has 2 N–H and O–H groups in total. The van der Waals surface area contributed by atoms with Gasteiger partial charge in [0.05, 0.1) is 12.9 Å². The molecule has 0 fully saturated rings. The SMILES string of the molecule is ONCc1cccc(N2C=NCC2)c1. The number of anilines is 1. The quantitative estimate of drug-likeness (QED) is 0.701. The summed E-state index contributed by atoms with van der Waals surface area (Å²) in [4.78, 5) is 6.25. The lowest BCUT2D eigenvalue weighted by molar-refractivity contribution is 0.161. The molecule has 0 bridgehead atoms. The van der Waals surface area contributed by atoms with Gasteiger partial charge < -0.3 is 10.1 Å². The molecule has 0 radical (unpaired) electrons. The van der Waals surface area contributed by atoms with Gasteiger partial charge in [0.25, 0.3) is 0 Å². The van der Waals surface area contributed by atoms with Crippen molar-refractivity contribution in [3.8, 4) is 0 Å². The first kappa shape index (κ1) is 9.18. The third-order valence-electron chi connectivity index (χ3n) is 2.22. The smallest absolute Gasteiger partial charge is 0.0895 e. The molecule has 1 aromatic rings. The Morgan fingerprint density at radius 2 is 2.43 bits per heavy atom. The Hall–Kier alpha value is -1.39. The van der Waals surface area contributed by atoms with Gasteiger partial charge in [-0.1, -0.05) is 12.1 Å².